The number of halogens is 2. The normalized spacial score (nSPS) is 12.2. The molecule has 5 heteroatoms. The number of thioether (sulfide) groups is 1. The molecule has 0 spiro atoms. The highest BCUT2D eigenvalue weighted by molar-refractivity contribution is 7.99. The molecule has 0 fully saturated rings. The summed E-state index contributed by atoms with van der Waals surface area (Å²) in [5.41, 5.74) is 0.719. The first-order chi connectivity index (χ1) is 9.61. The molecule has 1 atom stereocenters. The van der Waals surface area contributed by atoms with Gasteiger partial charge in [0.25, 0.3) is 0 Å². The van der Waals surface area contributed by atoms with E-state index < -0.39 is 6.10 Å². The van der Waals surface area contributed by atoms with Crippen molar-refractivity contribution in [2.24, 2.45) is 0 Å². The molecule has 1 unspecified atom stereocenters. The zero-order valence-corrected chi connectivity index (χ0v) is 13.2. The average molecular weight is 329 g/mol. The number of rotatable bonds is 5. The van der Waals surface area contributed by atoms with Gasteiger partial charge in [-0.05, 0) is 24.3 Å². The van der Waals surface area contributed by atoms with E-state index >= 15 is 0 Å². The molecular weight excluding hydrogens is 315 g/mol. The summed E-state index contributed by atoms with van der Waals surface area (Å²) >= 11 is 13.5. The Hall–Kier alpha value is -0.870. The lowest BCUT2D eigenvalue weighted by atomic mass is 10.1. The van der Waals surface area contributed by atoms with Crippen molar-refractivity contribution in [1.82, 2.24) is 0 Å². The molecule has 0 amide bonds. The fraction of sp³-hybridized carbons (Fsp3) is 0.200. The largest absolute Gasteiger partial charge is 0.496 e. The summed E-state index contributed by atoms with van der Waals surface area (Å²) in [4.78, 5) is 0.946. The van der Waals surface area contributed by atoms with Crippen molar-refractivity contribution >= 4 is 35.0 Å². The molecule has 0 aliphatic heterocycles. The summed E-state index contributed by atoms with van der Waals surface area (Å²) in [6.07, 6.45) is -0.650. The molecule has 2 aromatic carbocycles. The van der Waals surface area contributed by atoms with Crippen LogP contribution in [-0.2, 0) is 0 Å². The maximum atomic E-state index is 10.3. The fourth-order valence-electron chi connectivity index (χ4n) is 1.78. The molecule has 0 saturated heterocycles. The predicted octanol–water partition coefficient (Wildman–Crippen LogP) is 4.83. The standard InChI is InChI=1S/C15H14Cl2O2S/c1-19-14-8-10(16)6-7-11(14)13(18)9-20-15-5-3-2-4-12(15)17/h2-8,13,18H,9H2,1H3. The minimum atomic E-state index is -0.650. The van der Waals surface area contributed by atoms with Gasteiger partial charge in [0.2, 0.25) is 0 Å². The van der Waals surface area contributed by atoms with E-state index in [0.29, 0.717) is 21.5 Å². The summed E-state index contributed by atoms with van der Waals surface area (Å²) in [5.74, 6) is 1.08. The highest BCUT2D eigenvalue weighted by Gasteiger charge is 2.14. The van der Waals surface area contributed by atoms with Crippen molar-refractivity contribution in [3.8, 4) is 5.75 Å². The van der Waals surface area contributed by atoms with Gasteiger partial charge in [-0.1, -0.05) is 41.4 Å². The molecule has 0 bridgehead atoms. The molecular formula is C15H14Cl2O2S. The summed E-state index contributed by atoms with van der Waals surface area (Å²) in [7, 11) is 1.56. The van der Waals surface area contributed by atoms with Gasteiger partial charge >= 0.3 is 0 Å². The van der Waals surface area contributed by atoms with Crippen molar-refractivity contribution in [2.75, 3.05) is 12.9 Å². The van der Waals surface area contributed by atoms with Gasteiger partial charge in [0, 0.05) is 21.2 Å². The second-order valence-electron chi connectivity index (χ2n) is 4.14. The molecule has 2 aromatic rings. The monoisotopic (exact) mass is 328 g/mol. The summed E-state index contributed by atoms with van der Waals surface area (Å²) in [6.45, 7) is 0. The Kier molecular flexibility index (Phi) is 5.61. The van der Waals surface area contributed by atoms with Crippen LogP contribution in [0.1, 0.15) is 11.7 Å². The Bertz CT molecular complexity index is 590. The first kappa shape index (κ1) is 15.5. The fourth-order valence-corrected chi connectivity index (χ4v) is 3.14. The van der Waals surface area contributed by atoms with E-state index in [9.17, 15) is 5.11 Å². The van der Waals surface area contributed by atoms with Crippen molar-refractivity contribution in [2.45, 2.75) is 11.0 Å². The number of aliphatic hydroxyl groups excluding tert-OH is 1. The molecule has 20 heavy (non-hydrogen) atoms. The van der Waals surface area contributed by atoms with Gasteiger partial charge in [-0.15, -0.1) is 11.8 Å². The first-order valence-corrected chi connectivity index (χ1v) is 7.75. The third kappa shape index (κ3) is 3.83. The quantitative estimate of drug-likeness (QED) is 0.797. The number of benzene rings is 2. The second-order valence-corrected chi connectivity index (χ2v) is 6.05. The van der Waals surface area contributed by atoms with Crippen molar-refractivity contribution in [3.05, 3.63) is 58.1 Å². The lowest BCUT2D eigenvalue weighted by molar-refractivity contribution is 0.199. The van der Waals surface area contributed by atoms with E-state index in [-0.39, 0.29) is 0 Å². The van der Waals surface area contributed by atoms with Crippen molar-refractivity contribution in [3.63, 3.8) is 0 Å². The smallest absolute Gasteiger partial charge is 0.126 e. The van der Waals surface area contributed by atoms with E-state index in [1.807, 2.05) is 24.3 Å². The van der Waals surface area contributed by atoms with Crippen molar-refractivity contribution in [1.29, 1.82) is 0 Å². The number of hydrogen-bond donors (Lipinski definition) is 1. The Morgan fingerprint density at radius 2 is 1.95 bits per heavy atom. The topological polar surface area (TPSA) is 29.5 Å². The van der Waals surface area contributed by atoms with Crippen LogP contribution in [0.2, 0.25) is 10.0 Å². The van der Waals surface area contributed by atoms with Gasteiger partial charge < -0.3 is 9.84 Å². The third-order valence-corrected chi connectivity index (χ3v) is 4.61. The van der Waals surface area contributed by atoms with Crippen LogP contribution in [0.5, 0.6) is 5.75 Å². The van der Waals surface area contributed by atoms with Crippen LogP contribution in [0.3, 0.4) is 0 Å². The molecule has 0 saturated carbocycles. The van der Waals surface area contributed by atoms with Crippen molar-refractivity contribution < 1.29 is 9.84 Å². The number of methoxy groups -OCH3 is 1. The van der Waals surface area contributed by atoms with Crippen LogP contribution in [-0.4, -0.2) is 18.0 Å². The van der Waals surface area contributed by atoms with Gasteiger partial charge in [0.05, 0.1) is 18.2 Å². The van der Waals surface area contributed by atoms with E-state index in [2.05, 4.69) is 0 Å². The summed E-state index contributed by atoms with van der Waals surface area (Å²) in [6, 6.07) is 12.8. The van der Waals surface area contributed by atoms with Gasteiger partial charge in [-0.3, -0.25) is 0 Å². The van der Waals surface area contributed by atoms with Crippen LogP contribution in [0.4, 0.5) is 0 Å². The van der Waals surface area contributed by atoms with Gasteiger partial charge in [-0.2, -0.15) is 0 Å². The average Bonchev–Trinajstić information content (AvgIpc) is 2.46. The van der Waals surface area contributed by atoms with E-state index in [1.165, 1.54) is 11.8 Å². The first-order valence-electron chi connectivity index (χ1n) is 6.00. The van der Waals surface area contributed by atoms with Gasteiger partial charge in [-0.25, -0.2) is 0 Å². The predicted molar refractivity (Wildman–Crippen MR) is 85.1 cm³/mol. The highest BCUT2D eigenvalue weighted by atomic mass is 35.5. The minimum Gasteiger partial charge on any atom is -0.496 e. The van der Waals surface area contributed by atoms with Gasteiger partial charge in [0.15, 0.2) is 0 Å². The minimum absolute atomic E-state index is 0.488. The zero-order valence-electron chi connectivity index (χ0n) is 10.8. The second kappa shape index (κ2) is 7.23. The molecule has 1 N–H and O–H groups in total. The Morgan fingerprint density at radius 3 is 2.65 bits per heavy atom. The van der Waals surface area contributed by atoms with Crippen LogP contribution in [0.15, 0.2) is 47.4 Å². The Balaban J connectivity index is 2.09. The number of ether oxygens (including phenoxy) is 1. The maximum Gasteiger partial charge on any atom is 0.126 e. The van der Waals surface area contributed by atoms with E-state index in [1.54, 1.807) is 25.3 Å². The van der Waals surface area contributed by atoms with E-state index in [0.717, 1.165) is 10.5 Å². The Labute approximate surface area is 132 Å². The van der Waals surface area contributed by atoms with E-state index in [4.69, 9.17) is 27.9 Å². The molecule has 0 aliphatic carbocycles. The summed E-state index contributed by atoms with van der Waals surface area (Å²) < 4.78 is 5.24. The van der Waals surface area contributed by atoms with Crippen LogP contribution >= 0.6 is 35.0 Å². The molecule has 106 valence electrons. The zero-order chi connectivity index (χ0) is 14.5. The lowest BCUT2D eigenvalue weighted by Gasteiger charge is -2.15. The number of aliphatic hydroxyl groups is 1. The number of hydrogen-bond acceptors (Lipinski definition) is 3. The van der Waals surface area contributed by atoms with Crippen LogP contribution in [0.25, 0.3) is 0 Å². The maximum absolute atomic E-state index is 10.3. The van der Waals surface area contributed by atoms with Gasteiger partial charge in [0.1, 0.15) is 5.75 Å². The lowest BCUT2D eigenvalue weighted by Crippen LogP contribution is -2.03. The van der Waals surface area contributed by atoms with Crippen LogP contribution in [0, 0.1) is 0 Å². The molecule has 2 nitrogen and oxygen atoms in total. The molecule has 0 heterocycles. The third-order valence-electron chi connectivity index (χ3n) is 2.79. The molecule has 0 aliphatic rings. The molecule has 2 rings (SSSR count). The SMILES string of the molecule is COc1cc(Cl)ccc1C(O)CSc1ccccc1Cl. The molecule has 0 aromatic heterocycles. The molecule has 0 radical (unpaired) electrons. The van der Waals surface area contributed by atoms with Crippen LogP contribution < -0.4 is 4.74 Å². The highest BCUT2D eigenvalue weighted by Crippen LogP contribution is 2.34. The summed E-state index contributed by atoms with van der Waals surface area (Å²) in [5, 5.41) is 11.6. The Morgan fingerprint density at radius 1 is 1.20 bits per heavy atom.